The molecule has 0 unspecified atom stereocenters. The van der Waals surface area contributed by atoms with E-state index in [9.17, 15) is 0 Å². The molecule has 0 amide bonds. The fourth-order valence-corrected chi connectivity index (χ4v) is 4.17. The van der Waals surface area contributed by atoms with Crippen molar-refractivity contribution in [3.8, 4) is 28.5 Å². The summed E-state index contributed by atoms with van der Waals surface area (Å²) in [5, 5.41) is 6.79. The third kappa shape index (κ3) is 5.26. The van der Waals surface area contributed by atoms with Gasteiger partial charge in [0.25, 0.3) is 0 Å². The smallest absolute Gasteiger partial charge is 0.206 e. The highest BCUT2D eigenvalue weighted by atomic mass is 79.9. The Morgan fingerprint density at radius 3 is 2.42 bits per heavy atom. The highest BCUT2D eigenvalue weighted by Gasteiger charge is 2.13. The van der Waals surface area contributed by atoms with Crippen LogP contribution in [0.1, 0.15) is 12.5 Å². The van der Waals surface area contributed by atoms with Crippen LogP contribution in [0.25, 0.3) is 11.3 Å². The molecule has 0 N–H and O–H groups in total. The van der Waals surface area contributed by atoms with Crippen LogP contribution < -0.4 is 19.0 Å². The molecule has 162 valence electrons. The summed E-state index contributed by atoms with van der Waals surface area (Å²) in [4.78, 5) is 5.44. The first-order valence-electron chi connectivity index (χ1n) is 9.43. The summed E-state index contributed by atoms with van der Waals surface area (Å²) in [5.74, 6) is 1.81. The second-order valence-corrected chi connectivity index (χ2v) is 8.35. The normalized spacial score (nSPS) is 11.7. The third-order valence-electron chi connectivity index (χ3n) is 4.37. The van der Waals surface area contributed by atoms with Gasteiger partial charge >= 0.3 is 0 Å². The van der Waals surface area contributed by atoms with Crippen LogP contribution in [0, 0.1) is 0 Å². The molecular weight excluding hydrogens is 478 g/mol. The maximum absolute atomic E-state index is 5.52. The van der Waals surface area contributed by atoms with Crippen molar-refractivity contribution in [2.24, 2.45) is 10.1 Å². The van der Waals surface area contributed by atoms with E-state index < -0.39 is 0 Å². The van der Waals surface area contributed by atoms with Crippen molar-refractivity contribution in [2.75, 3.05) is 27.9 Å². The first-order chi connectivity index (χ1) is 15.0. The van der Waals surface area contributed by atoms with E-state index in [0.29, 0.717) is 23.8 Å². The molecule has 0 atom stereocenters. The molecular formula is C23H24BrN3O3S. The van der Waals surface area contributed by atoms with E-state index in [0.717, 1.165) is 31.7 Å². The Balaban J connectivity index is 2.15. The van der Waals surface area contributed by atoms with E-state index in [2.05, 4.69) is 27.5 Å². The molecule has 0 radical (unpaired) electrons. The minimum atomic E-state index is 0.533. The second-order valence-electron chi connectivity index (χ2n) is 6.66. The van der Waals surface area contributed by atoms with Crippen LogP contribution in [-0.2, 0) is 0 Å². The number of methoxy groups -OCH3 is 3. The number of thiazole rings is 1. The standard InChI is InChI=1S/C23H24BrN3O3S/c1-15(2)12-25-23-27(19(14-31-23)17-8-6-7-9-18(17)24)26-13-16-10-21(29-4)22(30-5)11-20(16)28-3/h6-11,13-14H,1,12H2,2-5H3. The lowest BCUT2D eigenvalue weighted by molar-refractivity contribution is 0.349. The summed E-state index contributed by atoms with van der Waals surface area (Å²) in [7, 11) is 4.79. The molecule has 0 spiro atoms. The van der Waals surface area contributed by atoms with Crippen molar-refractivity contribution in [3.63, 3.8) is 0 Å². The summed E-state index contributed by atoms with van der Waals surface area (Å²) in [5.41, 5.74) is 3.68. The summed E-state index contributed by atoms with van der Waals surface area (Å²) >= 11 is 5.16. The van der Waals surface area contributed by atoms with Crippen LogP contribution in [0.2, 0.25) is 0 Å². The van der Waals surface area contributed by atoms with E-state index in [1.54, 1.807) is 33.6 Å². The first-order valence-corrected chi connectivity index (χ1v) is 11.1. The summed E-state index contributed by atoms with van der Waals surface area (Å²) in [6, 6.07) is 11.6. The number of hydrogen-bond acceptors (Lipinski definition) is 6. The quantitative estimate of drug-likeness (QED) is 0.308. The zero-order chi connectivity index (χ0) is 22.4. The largest absolute Gasteiger partial charge is 0.496 e. The number of benzene rings is 2. The molecule has 8 heteroatoms. The Morgan fingerprint density at radius 1 is 1.10 bits per heavy atom. The Morgan fingerprint density at radius 2 is 1.77 bits per heavy atom. The van der Waals surface area contributed by atoms with E-state index >= 15 is 0 Å². The SMILES string of the molecule is C=C(C)CN=c1scc(-c2ccccc2Br)n1N=Cc1cc(OC)c(OC)cc1OC. The van der Waals surface area contributed by atoms with Crippen LogP contribution in [0.3, 0.4) is 0 Å². The molecule has 1 aromatic heterocycles. The highest BCUT2D eigenvalue weighted by Crippen LogP contribution is 2.34. The Labute approximate surface area is 194 Å². The Hall–Kier alpha value is -2.84. The van der Waals surface area contributed by atoms with Gasteiger partial charge in [-0.1, -0.05) is 46.3 Å². The van der Waals surface area contributed by atoms with E-state index in [1.807, 2.05) is 47.3 Å². The molecule has 0 saturated heterocycles. The molecule has 0 saturated carbocycles. The number of halogens is 1. The predicted octanol–water partition coefficient (Wildman–Crippen LogP) is 5.36. The average Bonchev–Trinajstić information content (AvgIpc) is 3.18. The second kappa shape index (κ2) is 10.5. The van der Waals surface area contributed by atoms with Gasteiger partial charge in [-0.05, 0) is 19.1 Å². The highest BCUT2D eigenvalue weighted by molar-refractivity contribution is 9.10. The van der Waals surface area contributed by atoms with Crippen LogP contribution in [-0.4, -0.2) is 38.8 Å². The van der Waals surface area contributed by atoms with Crippen molar-refractivity contribution in [2.45, 2.75) is 6.92 Å². The molecule has 6 nitrogen and oxygen atoms in total. The molecule has 1 heterocycles. The van der Waals surface area contributed by atoms with Crippen LogP contribution in [0.15, 0.2) is 68.5 Å². The van der Waals surface area contributed by atoms with Gasteiger partial charge in [0.1, 0.15) is 5.75 Å². The van der Waals surface area contributed by atoms with Crippen molar-refractivity contribution < 1.29 is 14.2 Å². The Kier molecular flexibility index (Phi) is 7.70. The van der Waals surface area contributed by atoms with Gasteiger partial charge in [0.05, 0.1) is 39.8 Å². The van der Waals surface area contributed by atoms with Gasteiger partial charge in [-0.2, -0.15) is 5.10 Å². The zero-order valence-corrected chi connectivity index (χ0v) is 20.3. The molecule has 31 heavy (non-hydrogen) atoms. The summed E-state index contributed by atoms with van der Waals surface area (Å²) in [6.07, 6.45) is 1.73. The minimum Gasteiger partial charge on any atom is -0.496 e. The Bertz CT molecular complexity index is 1180. The van der Waals surface area contributed by atoms with Crippen molar-refractivity contribution in [1.29, 1.82) is 0 Å². The lowest BCUT2D eigenvalue weighted by atomic mass is 10.2. The third-order valence-corrected chi connectivity index (χ3v) is 5.91. The summed E-state index contributed by atoms with van der Waals surface area (Å²) < 4.78 is 19.1. The molecule has 0 bridgehead atoms. The maximum Gasteiger partial charge on any atom is 0.206 e. The lowest BCUT2D eigenvalue weighted by Crippen LogP contribution is -2.13. The number of ether oxygens (including phenoxy) is 3. The lowest BCUT2D eigenvalue weighted by Gasteiger charge is -2.12. The molecule has 2 aromatic carbocycles. The topological polar surface area (TPSA) is 57.3 Å². The molecule has 0 aliphatic carbocycles. The average molecular weight is 502 g/mol. The monoisotopic (exact) mass is 501 g/mol. The van der Waals surface area contributed by atoms with Crippen molar-refractivity contribution >= 4 is 33.5 Å². The number of hydrogen-bond donors (Lipinski definition) is 0. The number of nitrogens with zero attached hydrogens (tertiary/aromatic N) is 3. The molecule has 3 rings (SSSR count). The maximum atomic E-state index is 5.52. The summed E-state index contributed by atoms with van der Waals surface area (Å²) in [6.45, 7) is 6.43. The minimum absolute atomic E-state index is 0.533. The molecule has 0 fully saturated rings. The molecule has 0 aliphatic rings. The van der Waals surface area contributed by atoms with Gasteiger partial charge in [0.15, 0.2) is 11.5 Å². The van der Waals surface area contributed by atoms with Crippen LogP contribution in [0.5, 0.6) is 17.2 Å². The van der Waals surface area contributed by atoms with Gasteiger partial charge in [0.2, 0.25) is 4.80 Å². The molecule has 0 aliphatic heterocycles. The van der Waals surface area contributed by atoms with E-state index in [4.69, 9.17) is 19.3 Å². The zero-order valence-electron chi connectivity index (χ0n) is 17.9. The molecule has 3 aromatic rings. The van der Waals surface area contributed by atoms with E-state index in [1.165, 1.54) is 11.3 Å². The van der Waals surface area contributed by atoms with Gasteiger partial charge in [-0.25, -0.2) is 4.68 Å². The predicted molar refractivity (Wildman–Crippen MR) is 130 cm³/mol. The fourth-order valence-electron chi connectivity index (χ4n) is 2.85. The fraction of sp³-hybridized carbons (Fsp3) is 0.217. The van der Waals surface area contributed by atoms with Crippen LogP contribution >= 0.6 is 27.3 Å². The van der Waals surface area contributed by atoms with E-state index in [-0.39, 0.29) is 0 Å². The van der Waals surface area contributed by atoms with Crippen molar-refractivity contribution in [3.05, 3.63) is 68.8 Å². The van der Waals surface area contributed by atoms with Crippen molar-refractivity contribution in [1.82, 2.24) is 4.68 Å². The van der Waals surface area contributed by atoms with Gasteiger partial charge < -0.3 is 14.2 Å². The van der Waals surface area contributed by atoms with Gasteiger partial charge in [-0.3, -0.25) is 4.99 Å². The van der Waals surface area contributed by atoms with Gasteiger partial charge in [0, 0.05) is 27.0 Å². The number of aromatic nitrogens is 1. The number of rotatable bonds is 8. The van der Waals surface area contributed by atoms with Crippen LogP contribution in [0.4, 0.5) is 0 Å². The first kappa shape index (κ1) is 22.8. The van der Waals surface area contributed by atoms with Gasteiger partial charge in [-0.15, -0.1) is 11.3 Å².